The Morgan fingerprint density at radius 2 is 1.71 bits per heavy atom. The van der Waals surface area contributed by atoms with Crippen LogP contribution in [0.5, 0.6) is 0 Å². The van der Waals surface area contributed by atoms with Gasteiger partial charge in [-0.25, -0.2) is 9.37 Å². The van der Waals surface area contributed by atoms with Gasteiger partial charge in [-0.1, -0.05) is 37.8 Å². The van der Waals surface area contributed by atoms with Gasteiger partial charge in [0.1, 0.15) is 17.7 Å². The fourth-order valence-electron chi connectivity index (χ4n) is 5.69. The SMILES string of the molecule is C.CC1C(=O)N(C)c2ccc(N3C(=O)c4c(cccc4C(C)(C)O)C3c3ccc(F)cc3)nc2N1C1CC1. The van der Waals surface area contributed by atoms with Gasteiger partial charge in [0.2, 0.25) is 5.91 Å². The third-order valence-electron chi connectivity index (χ3n) is 7.67. The Morgan fingerprint density at radius 3 is 2.34 bits per heavy atom. The molecule has 0 spiro atoms. The van der Waals surface area contributed by atoms with E-state index >= 15 is 0 Å². The van der Waals surface area contributed by atoms with E-state index in [9.17, 15) is 19.1 Å². The third-order valence-corrected chi connectivity index (χ3v) is 7.67. The zero-order valence-corrected chi connectivity index (χ0v) is 21.3. The van der Waals surface area contributed by atoms with E-state index in [0.717, 1.165) is 24.0 Å². The smallest absolute Gasteiger partial charge is 0.261 e. The summed E-state index contributed by atoms with van der Waals surface area (Å²) in [5.41, 5.74) is 1.90. The van der Waals surface area contributed by atoms with Gasteiger partial charge >= 0.3 is 0 Å². The van der Waals surface area contributed by atoms with Crippen LogP contribution in [-0.2, 0) is 10.4 Å². The predicted molar refractivity (Wildman–Crippen MR) is 146 cm³/mol. The van der Waals surface area contributed by atoms with Crippen molar-refractivity contribution >= 4 is 29.1 Å². The van der Waals surface area contributed by atoms with E-state index in [-0.39, 0.29) is 37.1 Å². The summed E-state index contributed by atoms with van der Waals surface area (Å²) in [6, 6.07) is 14.5. The molecule has 1 N–H and O–H groups in total. The lowest BCUT2D eigenvalue weighted by atomic mass is 9.88. The highest BCUT2D eigenvalue weighted by atomic mass is 19.1. The molecular formula is C30H33FN4O3. The highest BCUT2D eigenvalue weighted by molar-refractivity contribution is 6.13. The standard InChI is InChI=1S/C29H29FN4O3.CH4/c1-16-27(35)32(4)22-14-15-23(31-26(22)33(16)19-12-13-19)34-25(17-8-10-18(30)11-9-17)20-6-5-7-21(29(2,3)37)24(20)28(34)36;/h5-11,14-16,19,25,37H,12-13H2,1-4H3;1H4. The number of amides is 2. The number of halogens is 1. The first kappa shape index (κ1) is 25.9. The summed E-state index contributed by atoms with van der Waals surface area (Å²) in [7, 11) is 1.75. The number of hydrogen-bond acceptors (Lipinski definition) is 5. The Bertz CT molecular complexity index is 1430. The second kappa shape index (κ2) is 8.91. The minimum absolute atomic E-state index is 0. The Balaban J connectivity index is 0.00000294. The monoisotopic (exact) mass is 516 g/mol. The lowest BCUT2D eigenvalue weighted by Crippen LogP contribution is -2.52. The van der Waals surface area contributed by atoms with Gasteiger partial charge in [0.15, 0.2) is 5.82 Å². The van der Waals surface area contributed by atoms with Crippen LogP contribution in [0.15, 0.2) is 54.6 Å². The molecule has 3 aromatic rings. The molecule has 3 aliphatic rings. The number of likely N-dealkylation sites (N-methyl/N-ethyl adjacent to an activating group) is 1. The molecule has 2 amide bonds. The van der Waals surface area contributed by atoms with Crippen LogP contribution in [0.4, 0.5) is 21.7 Å². The summed E-state index contributed by atoms with van der Waals surface area (Å²) >= 11 is 0. The van der Waals surface area contributed by atoms with Crippen LogP contribution in [0.2, 0.25) is 0 Å². The van der Waals surface area contributed by atoms with Crippen molar-refractivity contribution in [2.75, 3.05) is 21.7 Å². The van der Waals surface area contributed by atoms with Crippen molar-refractivity contribution in [3.63, 3.8) is 0 Å². The Kier molecular flexibility index (Phi) is 6.06. The summed E-state index contributed by atoms with van der Waals surface area (Å²) in [6.45, 7) is 5.21. The number of anilines is 3. The van der Waals surface area contributed by atoms with Crippen LogP contribution in [0.25, 0.3) is 0 Å². The highest BCUT2D eigenvalue weighted by Gasteiger charge is 2.45. The molecule has 1 saturated carbocycles. The quantitative estimate of drug-likeness (QED) is 0.518. The number of aromatic nitrogens is 1. The minimum atomic E-state index is -1.24. The zero-order chi connectivity index (χ0) is 26.2. The number of benzene rings is 2. The lowest BCUT2D eigenvalue weighted by molar-refractivity contribution is -0.119. The summed E-state index contributed by atoms with van der Waals surface area (Å²) < 4.78 is 13.8. The van der Waals surface area contributed by atoms with E-state index in [1.54, 1.807) is 55.0 Å². The number of hydrogen-bond donors (Lipinski definition) is 1. The van der Waals surface area contributed by atoms with Crippen molar-refractivity contribution < 1.29 is 19.1 Å². The van der Waals surface area contributed by atoms with E-state index in [1.807, 2.05) is 25.1 Å². The van der Waals surface area contributed by atoms with Gasteiger partial charge in [0.05, 0.1) is 22.9 Å². The Hall–Kier alpha value is -3.78. The fraction of sp³-hybridized carbons (Fsp3) is 0.367. The molecule has 1 aromatic heterocycles. The number of carbonyl (C=O) groups excluding carboxylic acids is 2. The van der Waals surface area contributed by atoms with Crippen molar-refractivity contribution in [1.29, 1.82) is 0 Å². The predicted octanol–water partition coefficient (Wildman–Crippen LogP) is 5.17. The first-order valence-corrected chi connectivity index (χ1v) is 12.6. The first-order valence-electron chi connectivity index (χ1n) is 12.6. The third kappa shape index (κ3) is 3.86. The van der Waals surface area contributed by atoms with Gasteiger partial charge in [-0.2, -0.15) is 0 Å². The zero-order valence-electron chi connectivity index (χ0n) is 21.3. The van der Waals surface area contributed by atoms with Crippen molar-refractivity contribution in [1.82, 2.24) is 4.98 Å². The maximum absolute atomic E-state index is 14.1. The van der Waals surface area contributed by atoms with Crippen LogP contribution in [0, 0.1) is 5.82 Å². The summed E-state index contributed by atoms with van der Waals surface area (Å²) in [5.74, 6) is 0.493. The molecular weight excluding hydrogens is 483 g/mol. The molecule has 7 nitrogen and oxygen atoms in total. The molecule has 1 aliphatic carbocycles. The summed E-state index contributed by atoms with van der Waals surface area (Å²) in [4.78, 5) is 37.3. The lowest BCUT2D eigenvalue weighted by Gasteiger charge is -2.40. The topological polar surface area (TPSA) is 77.0 Å². The Labute approximate surface area is 222 Å². The van der Waals surface area contributed by atoms with Crippen LogP contribution >= 0.6 is 0 Å². The van der Waals surface area contributed by atoms with Crippen molar-refractivity contribution in [2.45, 2.75) is 64.8 Å². The molecule has 0 radical (unpaired) electrons. The molecule has 6 rings (SSSR count). The molecule has 1 fully saturated rings. The normalized spacial score (nSPS) is 20.8. The number of pyridine rings is 1. The van der Waals surface area contributed by atoms with Gasteiger partial charge in [-0.05, 0) is 74.6 Å². The largest absolute Gasteiger partial charge is 0.386 e. The molecule has 0 bridgehead atoms. The van der Waals surface area contributed by atoms with E-state index in [1.165, 1.54) is 12.1 Å². The van der Waals surface area contributed by atoms with Crippen LogP contribution in [0.3, 0.4) is 0 Å². The molecule has 2 unspecified atom stereocenters. The van der Waals surface area contributed by atoms with Gasteiger partial charge in [0.25, 0.3) is 5.91 Å². The van der Waals surface area contributed by atoms with Crippen molar-refractivity contribution in [3.05, 3.63) is 82.7 Å². The molecule has 0 saturated heterocycles. The van der Waals surface area contributed by atoms with Crippen molar-refractivity contribution in [2.24, 2.45) is 0 Å². The second-order valence-corrected chi connectivity index (χ2v) is 10.7. The maximum Gasteiger partial charge on any atom is 0.261 e. The number of aliphatic hydroxyl groups is 1. The number of nitrogens with zero attached hydrogens (tertiary/aromatic N) is 4. The van der Waals surface area contributed by atoms with Gasteiger partial charge in [-0.3, -0.25) is 14.5 Å². The van der Waals surface area contributed by atoms with Crippen LogP contribution < -0.4 is 14.7 Å². The Morgan fingerprint density at radius 1 is 1.03 bits per heavy atom. The van der Waals surface area contributed by atoms with Crippen molar-refractivity contribution in [3.8, 4) is 0 Å². The average Bonchev–Trinajstić information content (AvgIpc) is 3.65. The number of fused-ring (bicyclic) bond motifs is 2. The summed E-state index contributed by atoms with van der Waals surface area (Å²) in [6.07, 6.45) is 1.99. The minimum Gasteiger partial charge on any atom is -0.386 e. The van der Waals surface area contributed by atoms with Crippen LogP contribution in [-0.4, -0.2) is 41.0 Å². The average molecular weight is 517 g/mol. The maximum atomic E-state index is 14.1. The number of carbonyl (C=O) groups is 2. The molecule has 8 heteroatoms. The first-order chi connectivity index (χ1) is 17.6. The molecule has 2 aliphatic heterocycles. The summed E-state index contributed by atoms with van der Waals surface area (Å²) in [5, 5.41) is 10.9. The van der Waals surface area contributed by atoms with Gasteiger partial charge in [-0.15, -0.1) is 0 Å². The molecule has 3 heterocycles. The van der Waals surface area contributed by atoms with Gasteiger partial charge < -0.3 is 14.9 Å². The van der Waals surface area contributed by atoms with E-state index in [2.05, 4.69) is 4.90 Å². The van der Waals surface area contributed by atoms with E-state index < -0.39 is 11.6 Å². The molecule has 2 aromatic carbocycles. The number of rotatable bonds is 4. The van der Waals surface area contributed by atoms with Crippen LogP contribution in [0.1, 0.15) is 74.1 Å². The molecule has 198 valence electrons. The fourth-order valence-corrected chi connectivity index (χ4v) is 5.69. The van der Waals surface area contributed by atoms with Gasteiger partial charge in [0, 0.05) is 13.1 Å². The second-order valence-electron chi connectivity index (χ2n) is 10.7. The molecule has 38 heavy (non-hydrogen) atoms. The molecule has 2 atom stereocenters. The van der Waals surface area contributed by atoms with E-state index in [0.29, 0.717) is 28.5 Å². The van der Waals surface area contributed by atoms with E-state index in [4.69, 9.17) is 4.98 Å². The highest BCUT2D eigenvalue weighted by Crippen LogP contribution is 2.47.